The number of benzene rings is 1. The van der Waals surface area contributed by atoms with Gasteiger partial charge in [0.2, 0.25) is 0 Å². The Balaban J connectivity index is 1.49. The Morgan fingerprint density at radius 1 is 1.31 bits per heavy atom. The summed E-state index contributed by atoms with van der Waals surface area (Å²) in [6.07, 6.45) is 9.89. The molecule has 2 aliphatic rings. The number of anilines is 1. The van der Waals surface area contributed by atoms with Crippen LogP contribution in [0.2, 0.25) is 0 Å². The van der Waals surface area contributed by atoms with Crippen molar-refractivity contribution < 1.29 is 0 Å². The van der Waals surface area contributed by atoms with E-state index in [0.29, 0.717) is 11.0 Å². The van der Waals surface area contributed by atoms with Crippen molar-refractivity contribution >= 4 is 33.9 Å². The van der Waals surface area contributed by atoms with E-state index in [2.05, 4.69) is 51.8 Å². The molecular formula is C21H30N4S. The minimum atomic E-state index is 0.674. The van der Waals surface area contributed by atoms with Crippen LogP contribution in [0, 0.1) is 0 Å². The van der Waals surface area contributed by atoms with Crippen molar-refractivity contribution in [2.24, 2.45) is 0 Å². The van der Waals surface area contributed by atoms with Gasteiger partial charge in [-0.2, -0.15) is 0 Å². The highest BCUT2D eigenvalue weighted by Crippen LogP contribution is 2.39. The van der Waals surface area contributed by atoms with Gasteiger partial charge in [-0.3, -0.25) is 0 Å². The SMILES string of the molecule is CCCCNC(=S)Nc1ccc2[nH]cc(C3CCN4CCCC4C3)c2c1. The number of hydrogen-bond donors (Lipinski definition) is 3. The Kier molecular flexibility index (Phi) is 5.46. The third kappa shape index (κ3) is 3.74. The summed E-state index contributed by atoms with van der Waals surface area (Å²) < 4.78 is 0. The molecule has 2 fully saturated rings. The molecule has 0 bridgehead atoms. The standard InChI is InChI=1S/C21H30N4S/c1-2-3-9-22-21(26)24-16-6-7-20-18(13-16)19(14-23-20)15-8-11-25-10-4-5-17(25)12-15/h6-7,13-15,17,23H,2-5,8-12H2,1H3,(H2,22,24,26). The molecule has 2 aliphatic heterocycles. The number of nitrogens with zero attached hydrogens (tertiary/aromatic N) is 1. The largest absolute Gasteiger partial charge is 0.362 e. The Hall–Kier alpha value is -1.59. The van der Waals surface area contributed by atoms with Gasteiger partial charge in [0.25, 0.3) is 0 Å². The van der Waals surface area contributed by atoms with Crippen LogP contribution in [0.3, 0.4) is 0 Å². The predicted octanol–water partition coefficient (Wildman–Crippen LogP) is 4.60. The molecule has 140 valence electrons. The zero-order valence-electron chi connectivity index (χ0n) is 15.7. The number of piperidine rings is 1. The summed E-state index contributed by atoms with van der Waals surface area (Å²) in [4.78, 5) is 6.17. The van der Waals surface area contributed by atoms with Crippen molar-refractivity contribution in [2.45, 2.75) is 57.4 Å². The third-order valence-electron chi connectivity index (χ3n) is 6.05. The van der Waals surface area contributed by atoms with E-state index in [1.54, 1.807) is 0 Å². The van der Waals surface area contributed by atoms with E-state index < -0.39 is 0 Å². The molecule has 4 nitrogen and oxygen atoms in total. The molecule has 3 N–H and O–H groups in total. The fourth-order valence-electron chi connectivity index (χ4n) is 4.62. The Morgan fingerprint density at radius 2 is 2.23 bits per heavy atom. The molecular weight excluding hydrogens is 340 g/mol. The number of fused-ring (bicyclic) bond motifs is 2. The monoisotopic (exact) mass is 370 g/mol. The third-order valence-corrected chi connectivity index (χ3v) is 6.29. The number of aromatic nitrogens is 1. The van der Waals surface area contributed by atoms with Gasteiger partial charge in [-0.15, -0.1) is 0 Å². The first-order valence-electron chi connectivity index (χ1n) is 10.1. The molecule has 2 aromatic rings. The van der Waals surface area contributed by atoms with Crippen molar-refractivity contribution in [3.05, 3.63) is 30.0 Å². The molecule has 2 atom stereocenters. The van der Waals surface area contributed by atoms with Crippen LogP contribution in [0.15, 0.2) is 24.4 Å². The number of H-pyrrole nitrogens is 1. The van der Waals surface area contributed by atoms with Crippen LogP contribution >= 0.6 is 12.2 Å². The second-order valence-electron chi connectivity index (χ2n) is 7.79. The lowest BCUT2D eigenvalue weighted by Crippen LogP contribution is -2.37. The van der Waals surface area contributed by atoms with E-state index >= 15 is 0 Å². The first kappa shape index (κ1) is 17.8. The van der Waals surface area contributed by atoms with Gasteiger partial charge in [-0.25, -0.2) is 0 Å². The molecule has 0 saturated carbocycles. The molecule has 0 amide bonds. The first-order valence-corrected chi connectivity index (χ1v) is 10.6. The van der Waals surface area contributed by atoms with Crippen molar-refractivity contribution in [3.63, 3.8) is 0 Å². The lowest BCUT2D eigenvalue weighted by atomic mass is 9.85. The molecule has 0 spiro atoms. The normalized spacial score (nSPS) is 23.1. The van der Waals surface area contributed by atoms with Crippen LogP contribution in [-0.2, 0) is 0 Å². The first-order chi connectivity index (χ1) is 12.7. The van der Waals surface area contributed by atoms with Gasteiger partial charge in [-0.1, -0.05) is 13.3 Å². The van der Waals surface area contributed by atoms with Crippen molar-refractivity contribution in [2.75, 3.05) is 25.0 Å². The van der Waals surface area contributed by atoms with Crippen LogP contribution in [0.4, 0.5) is 5.69 Å². The fraction of sp³-hybridized carbons (Fsp3) is 0.571. The van der Waals surface area contributed by atoms with Crippen LogP contribution in [0.25, 0.3) is 10.9 Å². The molecule has 0 aliphatic carbocycles. The minimum Gasteiger partial charge on any atom is -0.362 e. The van der Waals surface area contributed by atoms with Gasteiger partial charge in [0.1, 0.15) is 0 Å². The number of thiocarbonyl (C=S) groups is 1. The highest BCUT2D eigenvalue weighted by molar-refractivity contribution is 7.80. The van der Waals surface area contributed by atoms with Crippen molar-refractivity contribution in [3.8, 4) is 0 Å². The van der Waals surface area contributed by atoms with Gasteiger partial charge < -0.3 is 20.5 Å². The average Bonchev–Trinajstić information content (AvgIpc) is 3.27. The van der Waals surface area contributed by atoms with E-state index in [1.165, 1.54) is 61.7 Å². The van der Waals surface area contributed by atoms with Gasteiger partial charge in [0.05, 0.1) is 0 Å². The van der Waals surface area contributed by atoms with E-state index in [4.69, 9.17) is 12.2 Å². The number of nitrogens with one attached hydrogen (secondary N) is 3. The predicted molar refractivity (Wildman–Crippen MR) is 114 cm³/mol. The number of hydrogen-bond acceptors (Lipinski definition) is 2. The van der Waals surface area contributed by atoms with Crippen molar-refractivity contribution in [1.82, 2.24) is 15.2 Å². The van der Waals surface area contributed by atoms with Gasteiger partial charge in [0, 0.05) is 35.4 Å². The van der Waals surface area contributed by atoms with Crippen LogP contribution in [-0.4, -0.2) is 40.7 Å². The molecule has 26 heavy (non-hydrogen) atoms. The Labute approximate surface area is 161 Å². The van der Waals surface area contributed by atoms with Crippen LogP contribution in [0.5, 0.6) is 0 Å². The van der Waals surface area contributed by atoms with Crippen molar-refractivity contribution in [1.29, 1.82) is 0 Å². The summed E-state index contributed by atoms with van der Waals surface area (Å²) >= 11 is 5.43. The highest BCUT2D eigenvalue weighted by Gasteiger charge is 2.33. The topological polar surface area (TPSA) is 43.1 Å². The molecule has 5 heteroatoms. The highest BCUT2D eigenvalue weighted by atomic mass is 32.1. The van der Waals surface area contributed by atoms with E-state index in [1.807, 2.05) is 0 Å². The Bertz CT molecular complexity index is 768. The maximum absolute atomic E-state index is 5.43. The second-order valence-corrected chi connectivity index (χ2v) is 8.20. The summed E-state index contributed by atoms with van der Waals surface area (Å²) in [5.74, 6) is 0.674. The van der Waals surface area contributed by atoms with Gasteiger partial charge in [0.15, 0.2) is 5.11 Å². The lowest BCUT2D eigenvalue weighted by Gasteiger charge is -2.34. The quantitative estimate of drug-likeness (QED) is 0.532. The molecule has 0 radical (unpaired) electrons. The maximum atomic E-state index is 5.43. The smallest absolute Gasteiger partial charge is 0.170 e. The zero-order chi connectivity index (χ0) is 17.9. The van der Waals surface area contributed by atoms with Crippen LogP contribution < -0.4 is 10.6 Å². The summed E-state index contributed by atoms with van der Waals surface area (Å²) in [6.45, 7) is 5.68. The molecule has 3 heterocycles. The fourth-order valence-corrected chi connectivity index (χ4v) is 4.84. The molecule has 2 unspecified atom stereocenters. The summed E-state index contributed by atoms with van der Waals surface area (Å²) in [5, 5.41) is 8.70. The molecule has 2 saturated heterocycles. The summed E-state index contributed by atoms with van der Waals surface area (Å²) in [7, 11) is 0. The number of rotatable bonds is 5. The Morgan fingerprint density at radius 3 is 3.12 bits per heavy atom. The van der Waals surface area contributed by atoms with E-state index in [-0.39, 0.29) is 0 Å². The molecule has 1 aromatic carbocycles. The lowest BCUT2D eigenvalue weighted by molar-refractivity contribution is 0.181. The second kappa shape index (κ2) is 7.97. The number of unbranched alkanes of at least 4 members (excludes halogenated alkanes) is 1. The average molecular weight is 371 g/mol. The molecule has 4 rings (SSSR count). The van der Waals surface area contributed by atoms with Crippen LogP contribution in [0.1, 0.15) is 56.9 Å². The van der Waals surface area contributed by atoms with E-state index in [9.17, 15) is 0 Å². The number of aromatic amines is 1. The minimum absolute atomic E-state index is 0.674. The van der Waals surface area contributed by atoms with Gasteiger partial charge >= 0.3 is 0 Å². The summed E-state index contributed by atoms with van der Waals surface area (Å²) in [5.41, 5.74) is 3.79. The zero-order valence-corrected chi connectivity index (χ0v) is 16.5. The maximum Gasteiger partial charge on any atom is 0.170 e. The van der Waals surface area contributed by atoms with Gasteiger partial charge in [-0.05, 0) is 87.1 Å². The summed E-state index contributed by atoms with van der Waals surface area (Å²) in [6, 6.07) is 7.34. The van der Waals surface area contributed by atoms with E-state index in [0.717, 1.165) is 24.7 Å². The molecule has 1 aromatic heterocycles.